The van der Waals surface area contributed by atoms with Gasteiger partial charge in [0.2, 0.25) is 0 Å². The maximum absolute atomic E-state index is 12.5. The van der Waals surface area contributed by atoms with Crippen molar-refractivity contribution in [3.05, 3.63) is 29.3 Å². The van der Waals surface area contributed by atoms with E-state index in [1.54, 1.807) is 0 Å². The van der Waals surface area contributed by atoms with Gasteiger partial charge in [-0.05, 0) is 50.3 Å². The van der Waals surface area contributed by atoms with Crippen LogP contribution in [0.1, 0.15) is 49.5 Å². The highest BCUT2D eigenvalue weighted by Crippen LogP contribution is 2.18. The molecule has 21 heavy (non-hydrogen) atoms. The minimum absolute atomic E-state index is 0.0197. The van der Waals surface area contributed by atoms with Crippen LogP contribution in [-0.2, 0) is 0 Å². The van der Waals surface area contributed by atoms with Gasteiger partial charge in [0.15, 0.2) is 0 Å². The van der Waals surface area contributed by atoms with E-state index in [9.17, 15) is 4.79 Å². The van der Waals surface area contributed by atoms with Gasteiger partial charge in [-0.15, -0.1) is 0 Å². The lowest BCUT2D eigenvalue weighted by Crippen LogP contribution is -2.33. The summed E-state index contributed by atoms with van der Waals surface area (Å²) in [4.78, 5) is 12.5. The fourth-order valence-electron chi connectivity index (χ4n) is 2.04. The van der Waals surface area contributed by atoms with Crippen molar-refractivity contribution in [2.45, 2.75) is 46.6 Å². The Balaban J connectivity index is 2.69. The van der Waals surface area contributed by atoms with Crippen molar-refractivity contribution >= 4 is 23.4 Å². The molecule has 0 radical (unpaired) electrons. The number of anilines is 1. The summed E-state index contributed by atoms with van der Waals surface area (Å²) in [6, 6.07) is 6.20. The van der Waals surface area contributed by atoms with Crippen molar-refractivity contribution < 1.29 is 4.79 Å². The number of carbonyl (C=O) groups is 1. The van der Waals surface area contributed by atoms with Crippen molar-refractivity contribution in [3.8, 4) is 0 Å². The highest BCUT2D eigenvalue weighted by Gasteiger charge is 2.14. The Morgan fingerprint density at radius 1 is 1.33 bits per heavy atom. The van der Waals surface area contributed by atoms with Crippen molar-refractivity contribution in [1.29, 1.82) is 0 Å². The van der Waals surface area contributed by atoms with Crippen LogP contribution in [0.2, 0.25) is 0 Å². The molecule has 0 aliphatic rings. The molecule has 1 aromatic rings. The van der Waals surface area contributed by atoms with Crippen LogP contribution in [0.4, 0.5) is 5.69 Å². The van der Waals surface area contributed by atoms with E-state index in [0.717, 1.165) is 47.7 Å². The van der Waals surface area contributed by atoms with Crippen LogP contribution in [-0.4, -0.2) is 30.0 Å². The molecule has 0 aliphatic carbocycles. The molecule has 0 saturated carbocycles. The van der Waals surface area contributed by atoms with Gasteiger partial charge in [0, 0.05) is 18.3 Å². The highest BCUT2D eigenvalue weighted by atomic mass is 32.2. The molecule has 1 atom stereocenters. The van der Waals surface area contributed by atoms with Crippen LogP contribution in [0.25, 0.3) is 0 Å². The molecule has 1 aromatic carbocycles. The zero-order chi connectivity index (χ0) is 15.7. The van der Waals surface area contributed by atoms with E-state index in [4.69, 9.17) is 0 Å². The maximum atomic E-state index is 12.5. The normalized spacial score (nSPS) is 12.0. The van der Waals surface area contributed by atoms with Gasteiger partial charge in [0.1, 0.15) is 0 Å². The van der Waals surface area contributed by atoms with Gasteiger partial charge in [-0.3, -0.25) is 4.79 Å². The molecular weight excluding hydrogens is 280 g/mol. The van der Waals surface area contributed by atoms with Gasteiger partial charge in [0.05, 0.1) is 5.56 Å². The summed E-state index contributed by atoms with van der Waals surface area (Å²) in [6.45, 7) is 9.25. The summed E-state index contributed by atoms with van der Waals surface area (Å²) in [6.07, 6.45) is 2.05. The first-order valence-corrected chi connectivity index (χ1v) is 8.97. The van der Waals surface area contributed by atoms with Gasteiger partial charge in [-0.25, -0.2) is 0 Å². The quantitative estimate of drug-likeness (QED) is 0.675. The minimum atomic E-state index is 0.0197. The number of rotatable bonds is 9. The van der Waals surface area contributed by atoms with E-state index < -0.39 is 0 Å². The van der Waals surface area contributed by atoms with Crippen molar-refractivity contribution in [3.63, 3.8) is 0 Å². The summed E-state index contributed by atoms with van der Waals surface area (Å²) in [5.74, 6) is 2.24. The predicted octanol–water partition coefficient (Wildman–Crippen LogP) is 4.08. The Morgan fingerprint density at radius 2 is 2.10 bits per heavy atom. The Bertz CT molecular complexity index is 448. The summed E-state index contributed by atoms with van der Waals surface area (Å²) < 4.78 is 0. The first kappa shape index (κ1) is 17.9. The van der Waals surface area contributed by atoms with Gasteiger partial charge >= 0.3 is 0 Å². The molecule has 0 aliphatic heterocycles. The van der Waals surface area contributed by atoms with E-state index in [1.807, 2.05) is 36.9 Å². The van der Waals surface area contributed by atoms with E-state index in [-0.39, 0.29) is 11.9 Å². The van der Waals surface area contributed by atoms with E-state index >= 15 is 0 Å². The highest BCUT2D eigenvalue weighted by molar-refractivity contribution is 7.99. The smallest absolute Gasteiger partial charge is 0.253 e. The number of hydrogen-bond donors (Lipinski definition) is 2. The van der Waals surface area contributed by atoms with E-state index in [1.165, 1.54) is 0 Å². The largest absolute Gasteiger partial charge is 0.384 e. The fourth-order valence-corrected chi connectivity index (χ4v) is 2.85. The molecule has 0 fully saturated rings. The average molecular weight is 308 g/mol. The third kappa shape index (κ3) is 6.42. The number of hydrogen-bond acceptors (Lipinski definition) is 3. The Morgan fingerprint density at radius 3 is 2.76 bits per heavy atom. The third-order valence-electron chi connectivity index (χ3n) is 3.26. The zero-order valence-corrected chi connectivity index (χ0v) is 14.5. The Labute approximate surface area is 133 Å². The van der Waals surface area contributed by atoms with Crippen LogP contribution in [0.5, 0.6) is 0 Å². The number of thioether (sulfide) groups is 1. The Hall–Kier alpha value is -1.16. The summed E-state index contributed by atoms with van der Waals surface area (Å²) >= 11 is 1.91. The molecule has 0 aromatic heterocycles. The van der Waals surface area contributed by atoms with Crippen LogP contribution in [0.15, 0.2) is 18.2 Å². The molecule has 118 valence electrons. The van der Waals surface area contributed by atoms with E-state index in [2.05, 4.69) is 31.4 Å². The minimum Gasteiger partial charge on any atom is -0.384 e. The standard InChI is InChI=1S/C17H28N2OS/c1-5-10-18-16-8-7-13(3)12-15(16)17(20)19-14(4)9-11-21-6-2/h7-8,12,14,18H,5-6,9-11H2,1-4H3,(H,19,20). The van der Waals surface area contributed by atoms with Crippen LogP contribution in [0.3, 0.4) is 0 Å². The number of amides is 1. The van der Waals surface area contributed by atoms with Crippen LogP contribution >= 0.6 is 11.8 Å². The van der Waals surface area contributed by atoms with Crippen LogP contribution < -0.4 is 10.6 Å². The third-order valence-corrected chi connectivity index (χ3v) is 4.19. The Kier molecular flexibility index (Phi) is 8.28. The molecule has 1 amide bonds. The molecule has 1 unspecified atom stereocenters. The first-order chi connectivity index (χ1) is 10.1. The lowest BCUT2D eigenvalue weighted by atomic mass is 10.1. The lowest BCUT2D eigenvalue weighted by Gasteiger charge is -2.16. The summed E-state index contributed by atoms with van der Waals surface area (Å²) in [5.41, 5.74) is 2.78. The average Bonchev–Trinajstić information content (AvgIpc) is 2.46. The number of carbonyl (C=O) groups excluding carboxylic acids is 1. The molecular formula is C17H28N2OS. The molecule has 4 heteroatoms. The zero-order valence-electron chi connectivity index (χ0n) is 13.7. The second-order valence-corrected chi connectivity index (χ2v) is 6.73. The number of benzene rings is 1. The SMILES string of the molecule is CCCNc1ccc(C)cc1C(=O)NC(C)CCSCC. The topological polar surface area (TPSA) is 41.1 Å². The predicted molar refractivity (Wildman–Crippen MR) is 94.5 cm³/mol. The van der Waals surface area contributed by atoms with Gasteiger partial charge in [-0.2, -0.15) is 11.8 Å². The number of aryl methyl sites for hydroxylation is 1. The lowest BCUT2D eigenvalue weighted by molar-refractivity contribution is 0.0940. The summed E-state index contributed by atoms with van der Waals surface area (Å²) in [7, 11) is 0. The van der Waals surface area contributed by atoms with Crippen molar-refractivity contribution in [1.82, 2.24) is 5.32 Å². The second kappa shape index (κ2) is 9.72. The van der Waals surface area contributed by atoms with Crippen LogP contribution in [0, 0.1) is 6.92 Å². The molecule has 2 N–H and O–H groups in total. The molecule has 0 heterocycles. The fraction of sp³-hybridized carbons (Fsp3) is 0.588. The molecule has 1 rings (SSSR count). The van der Waals surface area contributed by atoms with Gasteiger partial charge < -0.3 is 10.6 Å². The molecule has 0 saturated heterocycles. The molecule has 3 nitrogen and oxygen atoms in total. The monoisotopic (exact) mass is 308 g/mol. The first-order valence-electron chi connectivity index (χ1n) is 7.81. The maximum Gasteiger partial charge on any atom is 0.253 e. The molecule has 0 bridgehead atoms. The molecule has 0 spiro atoms. The van der Waals surface area contributed by atoms with Gasteiger partial charge in [0.25, 0.3) is 5.91 Å². The van der Waals surface area contributed by atoms with Gasteiger partial charge in [-0.1, -0.05) is 25.5 Å². The number of nitrogens with one attached hydrogen (secondary N) is 2. The van der Waals surface area contributed by atoms with E-state index in [0.29, 0.717) is 0 Å². The second-order valence-electron chi connectivity index (χ2n) is 5.34. The van der Waals surface area contributed by atoms with Crippen molar-refractivity contribution in [2.75, 3.05) is 23.4 Å². The summed E-state index contributed by atoms with van der Waals surface area (Å²) in [5, 5.41) is 6.44. The van der Waals surface area contributed by atoms with Crippen molar-refractivity contribution in [2.24, 2.45) is 0 Å².